The quantitative estimate of drug-likeness (QED) is 0.815. The van der Waals surface area contributed by atoms with Gasteiger partial charge in [0.05, 0.1) is 0 Å². The Hall–Kier alpha value is -2.89. The topological polar surface area (TPSA) is 64.6 Å². The van der Waals surface area contributed by atoms with Crippen molar-refractivity contribution in [1.29, 1.82) is 0 Å². The molecule has 0 spiro atoms. The van der Waals surface area contributed by atoms with Crippen LogP contribution in [0, 0.1) is 19.7 Å². The molecule has 0 bridgehead atoms. The van der Waals surface area contributed by atoms with Gasteiger partial charge in [0.2, 0.25) is 0 Å². The molecule has 1 N–H and O–H groups in total. The molecule has 0 aliphatic heterocycles. The molecule has 0 radical (unpaired) electrons. The van der Waals surface area contributed by atoms with E-state index in [1.165, 1.54) is 31.2 Å². The maximum absolute atomic E-state index is 12.8. The molecule has 1 amide bonds. The van der Waals surface area contributed by atoms with Gasteiger partial charge < -0.3 is 14.8 Å². The first kappa shape index (κ1) is 18.4. The van der Waals surface area contributed by atoms with Crippen LogP contribution >= 0.6 is 0 Å². The van der Waals surface area contributed by atoms with Crippen LogP contribution in [0.25, 0.3) is 0 Å². The van der Waals surface area contributed by atoms with Gasteiger partial charge >= 0.3 is 5.97 Å². The van der Waals surface area contributed by atoms with Gasteiger partial charge in [0, 0.05) is 5.69 Å². The van der Waals surface area contributed by atoms with Crippen LogP contribution in [0.4, 0.5) is 10.1 Å². The molecule has 0 fully saturated rings. The average molecular weight is 345 g/mol. The van der Waals surface area contributed by atoms with Crippen molar-refractivity contribution in [3.63, 3.8) is 0 Å². The summed E-state index contributed by atoms with van der Waals surface area (Å²) >= 11 is 0. The fraction of sp³-hybridized carbons (Fsp3) is 0.263. The summed E-state index contributed by atoms with van der Waals surface area (Å²) in [6.07, 6.45) is -0.918. The predicted octanol–water partition coefficient (Wildman–Crippen LogP) is 3.39. The summed E-state index contributed by atoms with van der Waals surface area (Å²) in [5, 5.41) is 2.70. The van der Waals surface area contributed by atoms with Crippen LogP contribution in [-0.2, 0) is 14.3 Å². The Morgan fingerprint density at radius 1 is 1.12 bits per heavy atom. The molecule has 1 atom stereocenters. The summed E-state index contributed by atoms with van der Waals surface area (Å²) in [5.41, 5.74) is 2.61. The molecular formula is C19H20FNO4. The Kier molecular flexibility index (Phi) is 6.11. The third-order valence-corrected chi connectivity index (χ3v) is 3.47. The van der Waals surface area contributed by atoms with Crippen molar-refractivity contribution in [3.05, 3.63) is 59.4 Å². The van der Waals surface area contributed by atoms with Gasteiger partial charge in [-0.25, -0.2) is 9.18 Å². The summed E-state index contributed by atoms with van der Waals surface area (Å²) in [4.78, 5) is 23.8. The molecule has 5 nitrogen and oxygen atoms in total. The zero-order valence-corrected chi connectivity index (χ0v) is 14.3. The van der Waals surface area contributed by atoms with Gasteiger partial charge in [0.15, 0.2) is 12.7 Å². The molecule has 0 aliphatic carbocycles. The van der Waals surface area contributed by atoms with Crippen LogP contribution in [0.2, 0.25) is 0 Å². The first-order valence-electron chi connectivity index (χ1n) is 7.81. The predicted molar refractivity (Wildman–Crippen MR) is 92.0 cm³/mol. The van der Waals surface area contributed by atoms with Crippen molar-refractivity contribution in [2.45, 2.75) is 26.9 Å². The van der Waals surface area contributed by atoms with Gasteiger partial charge in [-0.2, -0.15) is 0 Å². The molecule has 0 aliphatic rings. The number of amides is 1. The van der Waals surface area contributed by atoms with Crippen molar-refractivity contribution in [1.82, 2.24) is 0 Å². The lowest BCUT2D eigenvalue weighted by Gasteiger charge is -2.14. The molecule has 6 heteroatoms. The number of rotatable bonds is 6. The number of anilines is 1. The number of carbonyl (C=O) groups is 2. The Morgan fingerprint density at radius 3 is 2.48 bits per heavy atom. The van der Waals surface area contributed by atoms with E-state index in [4.69, 9.17) is 9.47 Å². The van der Waals surface area contributed by atoms with Crippen LogP contribution in [0.5, 0.6) is 5.75 Å². The first-order valence-corrected chi connectivity index (χ1v) is 7.81. The van der Waals surface area contributed by atoms with Crippen LogP contribution < -0.4 is 10.1 Å². The van der Waals surface area contributed by atoms with E-state index in [1.807, 2.05) is 32.0 Å². The molecule has 25 heavy (non-hydrogen) atoms. The van der Waals surface area contributed by atoms with E-state index in [1.54, 1.807) is 0 Å². The Morgan fingerprint density at radius 2 is 1.80 bits per heavy atom. The number of hydrogen-bond donors (Lipinski definition) is 1. The molecule has 0 saturated heterocycles. The van der Waals surface area contributed by atoms with E-state index in [2.05, 4.69) is 5.32 Å². The van der Waals surface area contributed by atoms with Crippen molar-refractivity contribution in [3.8, 4) is 5.75 Å². The van der Waals surface area contributed by atoms with Crippen molar-refractivity contribution >= 4 is 17.6 Å². The van der Waals surface area contributed by atoms with Gasteiger partial charge in [-0.1, -0.05) is 12.1 Å². The summed E-state index contributed by atoms with van der Waals surface area (Å²) in [7, 11) is 0. The van der Waals surface area contributed by atoms with E-state index in [0.717, 1.165) is 11.1 Å². The highest BCUT2D eigenvalue weighted by atomic mass is 19.1. The van der Waals surface area contributed by atoms with Gasteiger partial charge in [-0.3, -0.25) is 4.79 Å². The van der Waals surface area contributed by atoms with Gasteiger partial charge in [-0.15, -0.1) is 0 Å². The van der Waals surface area contributed by atoms with Gasteiger partial charge in [0.25, 0.3) is 5.91 Å². The number of benzene rings is 2. The molecule has 2 aromatic rings. The van der Waals surface area contributed by atoms with Gasteiger partial charge in [-0.05, 0) is 62.2 Å². The smallest absolute Gasteiger partial charge is 0.347 e. The van der Waals surface area contributed by atoms with Crippen LogP contribution in [-0.4, -0.2) is 24.6 Å². The number of aryl methyl sites for hydroxylation is 2. The fourth-order valence-electron chi connectivity index (χ4n) is 2.08. The lowest BCUT2D eigenvalue weighted by Crippen LogP contribution is -2.29. The maximum atomic E-state index is 12.8. The number of hydrogen-bond acceptors (Lipinski definition) is 4. The highest BCUT2D eigenvalue weighted by molar-refractivity contribution is 5.93. The molecule has 0 aromatic heterocycles. The highest BCUT2D eigenvalue weighted by Gasteiger charge is 2.18. The number of carbonyl (C=O) groups excluding carboxylic acids is 2. The average Bonchev–Trinajstić information content (AvgIpc) is 2.58. The number of halogens is 1. The standard InChI is InChI=1S/C19H20FNO4/c1-12-4-5-13(2)17(10-12)21-18(22)11-24-19(23)14(3)25-16-8-6-15(20)7-9-16/h4-10,14H,11H2,1-3H3,(H,21,22)/t14-/m0/s1. The molecular weight excluding hydrogens is 325 g/mol. The number of nitrogens with one attached hydrogen (secondary N) is 1. The normalized spacial score (nSPS) is 11.5. The minimum atomic E-state index is -0.918. The fourth-order valence-corrected chi connectivity index (χ4v) is 2.08. The van der Waals surface area contributed by atoms with E-state index < -0.39 is 30.4 Å². The molecule has 0 unspecified atom stereocenters. The lowest BCUT2D eigenvalue weighted by molar-refractivity contribution is -0.153. The van der Waals surface area contributed by atoms with E-state index in [9.17, 15) is 14.0 Å². The first-order chi connectivity index (χ1) is 11.8. The summed E-state index contributed by atoms with van der Waals surface area (Å²) < 4.78 is 23.1. The molecule has 2 aromatic carbocycles. The largest absolute Gasteiger partial charge is 0.479 e. The Bertz CT molecular complexity index is 759. The second-order valence-electron chi connectivity index (χ2n) is 5.69. The zero-order valence-electron chi connectivity index (χ0n) is 14.3. The number of ether oxygens (including phenoxy) is 2. The Labute approximate surface area is 145 Å². The maximum Gasteiger partial charge on any atom is 0.347 e. The summed E-state index contributed by atoms with van der Waals surface area (Å²) in [6, 6.07) is 11.0. The van der Waals surface area contributed by atoms with Crippen molar-refractivity contribution < 1.29 is 23.5 Å². The molecule has 132 valence electrons. The molecule has 0 saturated carbocycles. The van der Waals surface area contributed by atoms with Crippen LogP contribution in [0.3, 0.4) is 0 Å². The van der Waals surface area contributed by atoms with E-state index in [-0.39, 0.29) is 0 Å². The SMILES string of the molecule is Cc1ccc(C)c(NC(=O)COC(=O)[C@H](C)Oc2ccc(F)cc2)c1. The number of esters is 1. The second kappa shape index (κ2) is 8.28. The third kappa shape index (κ3) is 5.60. The summed E-state index contributed by atoms with van der Waals surface area (Å²) in [6.45, 7) is 4.88. The van der Waals surface area contributed by atoms with Gasteiger partial charge in [0.1, 0.15) is 11.6 Å². The van der Waals surface area contributed by atoms with Crippen LogP contribution in [0.1, 0.15) is 18.1 Å². The lowest BCUT2D eigenvalue weighted by atomic mass is 10.1. The third-order valence-electron chi connectivity index (χ3n) is 3.47. The zero-order chi connectivity index (χ0) is 18.4. The van der Waals surface area contributed by atoms with Crippen molar-refractivity contribution in [2.24, 2.45) is 0 Å². The van der Waals surface area contributed by atoms with Crippen molar-refractivity contribution in [2.75, 3.05) is 11.9 Å². The van der Waals surface area contributed by atoms with E-state index >= 15 is 0 Å². The van der Waals surface area contributed by atoms with Crippen LogP contribution in [0.15, 0.2) is 42.5 Å². The molecule has 0 heterocycles. The Balaban J connectivity index is 1.83. The molecule has 2 rings (SSSR count). The monoisotopic (exact) mass is 345 g/mol. The second-order valence-corrected chi connectivity index (χ2v) is 5.69. The van der Waals surface area contributed by atoms with E-state index in [0.29, 0.717) is 11.4 Å². The minimum Gasteiger partial charge on any atom is -0.479 e. The highest BCUT2D eigenvalue weighted by Crippen LogP contribution is 2.16. The minimum absolute atomic E-state index is 0.339. The summed E-state index contributed by atoms with van der Waals surface area (Å²) in [5.74, 6) is -1.17.